The topological polar surface area (TPSA) is 93.2 Å². The fraction of sp³-hybridized carbons (Fsp3) is 0.346. The fourth-order valence-corrected chi connectivity index (χ4v) is 4.93. The quantitative estimate of drug-likeness (QED) is 0.612. The smallest absolute Gasteiger partial charge is 0.239 e. The highest BCUT2D eigenvalue weighted by atomic mass is 16.2. The molecule has 1 aliphatic carbocycles. The molecule has 1 atom stereocenters. The van der Waals surface area contributed by atoms with Crippen molar-refractivity contribution in [1.29, 1.82) is 0 Å². The number of nitrogens with one attached hydrogen (secondary N) is 1. The van der Waals surface area contributed by atoms with E-state index in [2.05, 4.69) is 23.5 Å². The maximum absolute atomic E-state index is 12.9. The molecular formula is C26H29N5O2. The second-order valence-corrected chi connectivity index (χ2v) is 9.02. The van der Waals surface area contributed by atoms with Crippen LogP contribution in [0.2, 0.25) is 0 Å². The minimum atomic E-state index is -0.291. The summed E-state index contributed by atoms with van der Waals surface area (Å²) in [5.74, 6) is 0.0249. The summed E-state index contributed by atoms with van der Waals surface area (Å²) in [6.07, 6.45) is 5.10. The first-order valence-corrected chi connectivity index (χ1v) is 11.7. The van der Waals surface area contributed by atoms with Crippen molar-refractivity contribution in [3.63, 3.8) is 0 Å². The molecule has 0 bridgehead atoms. The highest BCUT2D eigenvalue weighted by Gasteiger charge is 2.25. The van der Waals surface area contributed by atoms with Gasteiger partial charge in [0.25, 0.3) is 0 Å². The van der Waals surface area contributed by atoms with Gasteiger partial charge in [0.1, 0.15) is 5.82 Å². The van der Waals surface area contributed by atoms with Crippen LogP contribution in [-0.2, 0) is 22.4 Å². The van der Waals surface area contributed by atoms with Gasteiger partial charge in [-0.3, -0.25) is 14.5 Å². The Morgan fingerprint density at radius 3 is 2.67 bits per heavy atom. The van der Waals surface area contributed by atoms with E-state index in [0.29, 0.717) is 12.4 Å². The molecule has 3 aromatic rings. The van der Waals surface area contributed by atoms with E-state index in [1.165, 1.54) is 17.5 Å². The van der Waals surface area contributed by atoms with Gasteiger partial charge in [0, 0.05) is 18.2 Å². The predicted octanol–water partition coefficient (Wildman–Crippen LogP) is 3.16. The number of carbonyl (C=O) groups excluding carboxylic acids is 2. The van der Waals surface area contributed by atoms with Crippen molar-refractivity contribution in [2.75, 3.05) is 25.0 Å². The standard InChI is InChI=1S/C26H29N5O2/c27-26(33)21-8-5-13-30(16-21)17-25(32)28-24-15-23(29-31(24)22-9-2-1-3-10-22)20-12-11-18-6-4-7-19(18)14-20/h1-3,9-12,14-15,21H,4-8,13,16-17H2,(H2,27,33)(H,28,32)/t21-/m0/s1. The maximum Gasteiger partial charge on any atom is 0.239 e. The van der Waals surface area contributed by atoms with Gasteiger partial charge < -0.3 is 11.1 Å². The first kappa shape index (κ1) is 21.4. The van der Waals surface area contributed by atoms with Gasteiger partial charge in [-0.15, -0.1) is 0 Å². The highest BCUT2D eigenvalue weighted by molar-refractivity contribution is 5.92. The average molecular weight is 444 g/mol. The number of piperidine rings is 1. The summed E-state index contributed by atoms with van der Waals surface area (Å²) in [5, 5.41) is 7.89. The van der Waals surface area contributed by atoms with Crippen molar-refractivity contribution >= 4 is 17.6 Å². The second-order valence-electron chi connectivity index (χ2n) is 9.02. The molecule has 2 heterocycles. The van der Waals surface area contributed by atoms with Crippen LogP contribution in [0.3, 0.4) is 0 Å². The third-order valence-electron chi connectivity index (χ3n) is 6.65. The summed E-state index contributed by atoms with van der Waals surface area (Å²) >= 11 is 0. The molecule has 0 unspecified atom stereocenters. The monoisotopic (exact) mass is 443 g/mol. The zero-order chi connectivity index (χ0) is 22.8. The molecule has 7 heteroatoms. The lowest BCUT2D eigenvalue weighted by Crippen LogP contribution is -2.44. The SMILES string of the molecule is NC(=O)[C@H]1CCCN(CC(=O)Nc2cc(-c3ccc4c(c3)CCC4)nn2-c2ccccc2)C1. The van der Waals surface area contributed by atoms with Crippen LogP contribution in [0.5, 0.6) is 0 Å². The van der Waals surface area contributed by atoms with E-state index < -0.39 is 0 Å². The number of fused-ring (bicyclic) bond motifs is 1. The minimum absolute atomic E-state index is 0.127. The number of nitrogens with zero attached hydrogens (tertiary/aromatic N) is 3. The summed E-state index contributed by atoms with van der Waals surface area (Å²) < 4.78 is 1.78. The molecule has 1 fully saturated rings. The number of carbonyl (C=O) groups is 2. The van der Waals surface area contributed by atoms with E-state index in [1.807, 2.05) is 41.3 Å². The van der Waals surface area contributed by atoms with Crippen LogP contribution in [0.25, 0.3) is 16.9 Å². The number of hydrogen-bond donors (Lipinski definition) is 2. The van der Waals surface area contributed by atoms with Crippen LogP contribution in [0.15, 0.2) is 54.6 Å². The van der Waals surface area contributed by atoms with Crippen molar-refractivity contribution < 1.29 is 9.59 Å². The first-order valence-electron chi connectivity index (χ1n) is 11.7. The molecule has 1 aromatic heterocycles. The fourth-order valence-electron chi connectivity index (χ4n) is 4.93. The van der Waals surface area contributed by atoms with Gasteiger partial charge in [-0.25, -0.2) is 4.68 Å². The molecule has 0 spiro atoms. The largest absolute Gasteiger partial charge is 0.369 e. The number of likely N-dealkylation sites (tertiary alicyclic amines) is 1. The first-order chi connectivity index (χ1) is 16.1. The zero-order valence-electron chi connectivity index (χ0n) is 18.7. The van der Waals surface area contributed by atoms with E-state index in [4.69, 9.17) is 10.8 Å². The Balaban J connectivity index is 1.39. The molecule has 1 saturated heterocycles. The molecule has 170 valence electrons. The van der Waals surface area contributed by atoms with E-state index in [1.54, 1.807) is 4.68 Å². The highest BCUT2D eigenvalue weighted by Crippen LogP contribution is 2.30. The third kappa shape index (κ3) is 4.68. The zero-order valence-corrected chi connectivity index (χ0v) is 18.7. The lowest BCUT2D eigenvalue weighted by molar-refractivity contribution is -0.125. The Bertz CT molecular complexity index is 1170. The maximum atomic E-state index is 12.9. The number of rotatable bonds is 6. The van der Waals surface area contributed by atoms with Crippen LogP contribution < -0.4 is 11.1 Å². The van der Waals surface area contributed by atoms with E-state index in [0.717, 1.165) is 49.2 Å². The number of hydrogen-bond acceptors (Lipinski definition) is 4. The third-order valence-corrected chi connectivity index (χ3v) is 6.65. The van der Waals surface area contributed by atoms with Crippen LogP contribution in [0.1, 0.15) is 30.4 Å². The van der Waals surface area contributed by atoms with E-state index >= 15 is 0 Å². The number of amides is 2. The molecule has 33 heavy (non-hydrogen) atoms. The summed E-state index contributed by atoms with van der Waals surface area (Å²) in [4.78, 5) is 26.5. The van der Waals surface area contributed by atoms with Crippen LogP contribution >= 0.6 is 0 Å². The molecule has 1 aliphatic heterocycles. The van der Waals surface area contributed by atoms with Gasteiger partial charge >= 0.3 is 0 Å². The summed E-state index contributed by atoms with van der Waals surface area (Å²) in [7, 11) is 0. The predicted molar refractivity (Wildman–Crippen MR) is 128 cm³/mol. The van der Waals surface area contributed by atoms with Gasteiger partial charge in [-0.1, -0.05) is 30.3 Å². The van der Waals surface area contributed by atoms with Crippen molar-refractivity contribution in [3.05, 3.63) is 65.7 Å². The molecule has 2 amide bonds. The van der Waals surface area contributed by atoms with Gasteiger partial charge in [0.15, 0.2) is 0 Å². The molecular weight excluding hydrogens is 414 g/mol. The summed E-state index contributed by atoms with van der Waals surface area (Å²) in [6.45, 7) is 1.54. The van der Waals surface area contributed by atoms with Crippen molar-refractivity contribution in [2.24, 2.45) is 11.7 Å². The number of aromatic nitrogens is 2. The number of aryl methyl sites for hydroxylation is 2. The Morgan fingerprint density at radius 2 is 1.85 bits per heavy atom. The Labute approximate surface area is 193 Å². The van der Waals surface area contributed by atoms with Crippen molar-refractivity contribution in [1.82, 2.24) is 14.7 Å². The molecule has 2 aromatic carbocycles. The number of benzene rings is 2. The number of para-hydroxylation sites is 1. The summed E-state index contributed by atoms with van der Waals surface area (Å²) in [5.41, 5.74) is 11.1. The van der Waals surface area contributed by atoms with Crippen LogP contribution in [-0.4, -0.2) is 46.1 Å². The summed E-state index contributed by atoms with van der Waals surface area (Å²) in [6, 6.07) is 18.3. The van der Waals surface area contributed by atoms with Crippen LogP contribution in [0, 0.1) is 5.92 Å². The van der Waals surface area contributed by atoms with Crippen molar-refractivity contribution in [2.45, 2.75) is 32.1 Å². The Hall–Kier alpha value is -3.45. The Kier molecular flexibility index (Phi) is 5.96. The molecule has 2 aliphatic rings. The number of nitrogens with two attached hydrogens (primary N) is 1. The second kappa shape index (κ2) is 9.19. The lowest BCUT2D eigenvalue weighted by Gasteiger charge is -2.30. The Morgan fingerprint density at radius 1 is 1.03 bits per heavy atom. The lowest BCUT2D eigenvalue weighted by atomic mass is 9.97. The average Bonchev–Trinajstić information content (AvgIpc) is 3.46. The van der Waals surface area contributed by atoms with Gasteiger partial charge in [-0.2, -0.15) is 5.10 Å². The molecule has 7 nitrogen and oxygen atoms in total. The van der Waals surface area contributed by atoms with Crippen LogP contribution in [0.4, 0.5) is 5.82 Å². The van der Waals surface area contributed by atoms with E-state index in [9.17, 15) is 9.59 Å². The molecule has 0 saturated carbocycles. The number of primary amides is 1. The van der Waals surface area contributed by atoms with Crippen molar-refractivity contribution in [3.8, 4) is 16.9 Å². The van der Waals surface area contributed by atoms with E-state index in [-0.39, 0.29) is 24.3 Å². The molecule has 3 N–H and O–H groups in total. The molecule has 5 rings (SSSR count). The molecule has 0 radical (unpaired) electrons. The van der Waals surface area contributed by atoms with Gasteiger partial charge in [0.2, 0.25) is 11.8 Å². The van der Waals surface area contributed by atoms with Gasteiger partial charge in [-0.05, 0) is 68.0 Å². The van der Waals surface area contributed by atoms with Gasteiger partial charge in [0.05, 0.1) is 23.8 Å². The minimum Gasteiger partial charge on any atom is -0.369 e. The normalized spacial score (nSPS) is 18.1. The number of anilines is 1.